The van der Waals surface area contributed by atoms with E-state index in [0.717, 1.165) is 31.2 Å². The summed E-state index contributed by atoms with van der Waals surface area (Å²) < 4.78 is 0. The monoisotopic (exact) mass is 324 g/mol. The van der Waals surface area contributed by atoms with Gasteiger partial charge in [-0.1, -0.05) is 80.8 Å². The van der Waals surface area contributed by atoms with Crippen molar-refractivity contribution in [3.63, 3.8) is 0 Å². The molecular formula is C22H28O2. The number of carbonyl (C=O) groups is 1. The Hall–Kier alpha value is -1.93. The van der Waals surface area contributed by atoms with E-state index in [1.54, 1.807) is 6.92 Å². The molecule has 0 spiro atoms. The number of benzene rings is 2. The van der Waals surface area contributed by atoms with Gasteiger partial charge in [0.25, 0.3) is 0 Å². The lowest BCUT2D eigenvalue weighted by atomic mass is 9.77. The Morgan fingerprint density at radius 2 is 1.50 bits per heavy atom. The van der Waals surface area contributed by atoms with Crippen LogP contribution in [0.25, 0.3) is 11.1 Å². The molecule has 0 amide bonds. The van der Waals surface area contributed by atoms with Crippen molar-refractivity contribution in [1.82, 2.24) is 0 Å². The molecule has 2 aromatic rings. The fraction of sp³-hybridized carbons (Fsp3) is 0.409. The summed E-state index contributed by atoms with van der Waals surface area (Å²) >= 11 is 0. The molecule has 0 bridgehead atoms. The summed E-state index contributed by atoms with van der Waals surface area (Å²) in [4.78, 5) is 9.81. The van der Waals surface area contributed by atoms with E-state index < -0.39 is 5.60 Å². The first-order valence-corrected chi connectivity index (χ1v) is 8.93. The van der Waals surface area contributed by atoms with Crippen LogP contribution in [0.15, 0.2) is 54.6 Å². The standard InChI is InChI=1S/C18H20O.C4H8O/c19-18(13-7-2-8-14-18)17-12-6-5-11-16(17)15-9-3-1-4-10-15;1-3-4(2)5/h1,3-6,9-12,19H,2,7-8,13-14H2;3H2,1-2H3. The molecule has 128 valence electrons. The van der Waals surface area contributed by atoms with Gasteiger partial charge in [0, 0.05) is 6.42 Å². The highest BCUT2D eigenvalue weighted by Crippen LogP contribution is 2.41. The molecule has 0 saturated heterocycles. The molecule has 1 saturated carbocycles. The van der Waals surface area contributed by atoms with Crippen molar-refractivity contribution in [2.24, 2.45) is 0 Å². The van der Waals surface area contributed by atoms with Crippen LogP contribution >= 0.6 is 0 Å². The van der Waals surface area contributed by atoms with Crippen LogP contribution in [0.1, 0.15) is 57.9 Å². The molecule has 1 aliphatic carbocycles. The predicted octanol–water partition coefficient (Wildman–Crippen LogP) is 5.49. The number of rotatable bonds is 3. The van der Waals surface area contributed by atoms with E-state index in [1.165, 1.54) is 17.5 Å². The third kappa shape index (κ3) is 4.78. The minimum Gasteiger partial charge on any atom is -0.385 e. The van der Waals surface area contributed by atoms with Crippen molar-refractivity contribution in [3.8, 4) is 11.1 Å². The van der Waals surface area contributed by atoms with Crippen LogP contribution < -0.4 is 0 Å². The third-order valence-electron chi connectivity index (χ3n) is 4.69. The van der Waals surface area contributed by atoms with Gasteiger partial charge in [0.05, 0.1) is 5.60 Å². The molecule has 1 aliphatic rings. The van der Waals surface area contributed by atoms with Gasteiger partial charge in [-0.05, 0) is 36.5 Å². The Morgan fingerprint density at radius 3 is 2.08 bits per heavy atom. The van der Waals surface area contributed by atoms with Crippen LogP contribution in [0.3, 0.4) is 0 Å². The van der Waals surface area contributed by atoms with Crippen molar-refractivity contribution in [1.29, 1.82) is 0 Å². The lowest BCUT2D eigenvalue weighted by Gasteiger charge is -2.34. The van der Waals surface area contributed by atoms with Gasteiger partial charge in [-0.25, -0.2) is 0 Å². The molecule has 0 radical (unpaired) electrons. The minimum atomic E-state index is -0.634. The van der Waals surface area contributed by atoms with E-state index in [1.807, 2.05) is 19.1 Å². The van der Waals surface area contributed by atoms with Gasteiger partial charge in [0.2, 0.25) is 0 Å². The number of ketones is 1. The highest BCUT2D eigenvalue weighted by Gasteiger charge is 2.32. The average Bonchev–Trinajstić information content (AvgIpc) is 2.63. The van der Waals surface area contributed by atoms with Gasteiger partial charge >= 0.3 is 0 Å². The topological polar surface area (TPSA) is 37.3 Å². The Balaban J connectivity index is 0.000000368. The van der Waals surface area contributed by atoms with Crippen molar-refractivity contribution < 1.29 is 9.90 Å². The van der Waals surface area contributed by atoms with Crippen LogP contribution in [-0.2, 0) is 10.4 Å². The largest absolute Gasteiger partial charge is 0.385 e. The van der Waals surface area contributed by atoms with Crippen molar-refractivity contribution in [2.45, 2.75) is 58.0 Å². The summed E-state index contributed by atoms with van der Waals surface area (Å²) in [6, 6.07) is 18.7. The van der Waals surface area contributed by atoms with Crippen LogP contribution in [0.4, 0.5) is 0 Å². The van der Waals surface area contributed by atoms with Gasteiger partial charge in [-0.3, -0.25) is 0 Å². The summed E-state index contributed by atoms with van der Waals surface area (Å²) in [7, 11) is 0. The maximum Gasteiger partial charge on any atom is 0.129 e. The molecular weight excluding hydrogens is 296 g/mol. The summed E-state index contributed by atoms with van der Waals surface area (Å²) in [6.07, 6.45) is 5.93. The smallest absolute Gasteiger partial charge is 0.129 e. The van der Waals surface area contributed by atoms with Crippen LogP contribution in [0.5, 0.6) is 0 Å². The average molecular weight is 324 g/mol. The lowest BCUT2D eigenvalue weighted by Crippen LogP contribution is -2.29. The van der Waals surface area contributed by atoms with Gasteiger partial charge in [-0.15, -0.1) is 0 Å². The summed E-state index contributed by atoms with van der Waals surface area (Å²) in [6.45, 7) is 3.43. The van der Waals surface area contributed by atoms with E-state index in [-0.39, 0.29) is 5.78 Å². The Morgan fingerprint density at radius 1 is 0.958 bits per heavy atom. The number of aliphatic hydroxyl groups is 1. The summed E-state index contributed by atoms with van der Waals surface area (Å²) in [5.74, 6) is 0.255. The van der Waals surface area contributed by atoms with E-state index in [0.29, 0.717) is 6.42 Å². The first-order valence-electron chi connectivity index (χ1n) is 8.93. The molecule has 24 heavy (non-hydrogen) atoms. The first kappa shape index (κ1) is 18.4. The quantitative estimate of drug-likeness (QED) is 0.810. The second kappa shape index (κ2) is 8.79. The Kier molecular flexibility index (Phi) is 6.74. The zero-order valence-corrected chi connectivity index (χ0v) is 14.8. The normalized spacial score (nSPS) is 16.0. The summed E-state index contributed by atoms with van der Waals surface area (Å²) in [5, 5.41) is 11.0. The summed E-state index contributed by atoms with van der Waals surface area (Å²) in [5.41, 5.74) is 2.83. The van der Waals surface area contributed by atoms with Gasteiger partial charge < -0.3 is 9.90 Å². The zero-order valence-electron chi connectivity index (χ0n) is 14.8. The zero-order chi connectivity index (χ0) is 17.4. The molecule has 2 heteroatoms. The lowest BCUT2D eigenvalue weighted by molar-refractivity contribution is -0.116. The fourth-order valence-corrected chi connectivity index (χ4v) is 3.16. The maximum atomic E-state index is 11.0. The molecule has 2 aromatic carbocycles. The van der Waals surface area contributed by atoms with Crippen molar-refractivity contribution in [3.05, 3.63) is 60.2 Å². The molecule has 0 heterocycles. The van der Waals surface area contributed by atoms with Crippen molar-refractivity contribution >= 4 is 5.78 Å². The number of hydrogen-bond donors (Lipinski definition) is 1. The van der Waals surface area contributed by atoms with Crippen LogP contribution in [0.2, 0.25) is 0 Å². The first-order chi connectivity index (χ1) is 11.6. The molecule has 0 atom stereocenters. The minimum absolute atomic E-state index is 0.255. The molecule has 3 rings (SSSR count). The molecule has 1 N–H and O–H groups in total. The molecule has 2 nitrogen and oxygen atoms in total. The Labute approximate surface area is 145 Å². The second-order valence-corrected chi connectivity index (χ2v) is 6.56. The van der Waals surface area contributed by atoms with Crippen molar-refractivity contribution in [2.75, 3.05) is 0 Å². The highest BCUT2D eigenvalue weighted by atomic mass is 16.3. The van der Waals surface area contributed by atoms with Crippen LogP contribution in [0, 0.1) is 0 Å². The third-order valence-corrected chi connectivity index (χ3v) is 4.69. The predicted molar refractivity (Wildman–Crippen MR) is 99.8 cm³/mol. The molecule has 1 fully saturated rings. The molecule has 0 aromatic heterocycles. The van der Waals surface area contributed by atoms with E-state index in [2.05, 4.69) is 42.5 Å². The highest BCUT2D eigenvalue weighted by molar-refractivity contribution is 5.74. The molecule has 0 aliphatic heterocycles. The van der Waals surface area contributed by atoms with Gasteiger partial charge in [0.15, 0.2) is 0 Å². The van der Waals surface area contributed by atoms with Gasteiger partial charge in [-0.2, -0.15) is 0 Å². The fourth-order valence-electron chi connectivity index (χ4n) is 3.16. The van der Waals surface area contributed by atoms with E-state index in [9.17, 15) is 9.90 Å². The maximum absolute atomic E-state index is 11.0. The second-order valence-electron chi connectivity index (χ2n) is 6.56. The van der Waals surface area contributed by atoms with Gasteiger partial charge in [0.1, 0.15) is 5.78 Å². The SMILES string of the molecule is CCC(C)=O.OC1(c2ccccc2-c2ccccc2)CCCCC1. The number of Topliss-reactive ketones (excluding diaryl/α,β-unsaturated/α-hetero) is 1. The Bertz CT molecular complexity index is 640. The molecule has 0 unspecified atom stereocenters. The van der Waals surface area contributed by atoms with E-state index >= 15 is 0 Å². The van der Waals surface area contributed by atoms with E-state index in [4.69, 9.17) is 0 Å². The number of hydrogen-bond acceptors (Lipinski definition) is 2. The number of carbonyl (C=O) groups excluding carboxylic acids is 1. The van der Waals surface area contributed by atoms with Crippen LogP contribution in [-0.4, -0.2) is 10.9 Å².